The van der Waals surface area contributed by atoms with Crippen LogP contribution < -0.4 is 18.9 Å². The molecule has 0 N–H and O–H groups in total. The van der Waals surface area contributed by atoms with Crippen LogP contribution in [-0.4, -0.2) is 40.6 Å². The number of allylic oxidation sites excluding steroid dienone is 2. The van der Waals surface area contributed by atoms with Crippen LogP contribution in [0.5, 0.6) is 23.0 Å². The average molecular weight is 398 g/mol. The van der Waals surface area contributed by atoms with E-state index in [9.17, 15) is 0 Å². The Kier molecular flexibility index (Phi) is 9.66. The molecule has 0 saturated heterocycles. The topological polar surface area (TPSA) is 46.2 Å². The molecule has 5 heteroatoms. The van der Waals surface area contributed by atoms with Crippen LogP contribution in [-0.2, 0) is 17.6 Å². The highest BCUT2D eigenvalue weighted by Crippen LogP contribution is 2.32. The van der Waals surface area contributed by atoms with Gasteiger partial charge in [-0.15, -0.1) is 13.2 Å². The highest BCUT2D eigenvalue weighted by Gasteiger charge is 2.10. The first kappa shape index (κ1) is 22.4. The summed E-state index contributed by atoms with van der Waals surface area (Å²) in [7, 11) is 3.28. The molecule has 0 aliphatic carbocycles. The second-order valence-corrected chi connectivity index (χ2v) is 6.19. The zero-order chi connectivity index (χ0) is 20.9. The molecule has 2 rings (SSSR count). The molecule has 2 aromatic carbocycles. The van der Waals surface area contributed by atoms with Gasteiger partial charge < -0.3 is 23.7 Å². The first-order chi connectivity index (χ1) is 14.2. The Morgan fingerprint density at radius 2 is 1.14 bits per heavy atom. The van der Waals surface area contributed by atoms with Crippen molar-refractivity contribution in [3.8, 4) is 23.0 Å². The lowest BCUT2D eigenvalue weighted by Gasteiger charge is -2.15. The molecule has 0 fully saturated rings. The minimum Gasteiger partial charge on any atom is -0.493 e. The summed E-state index contributed by atoms with van der Waals surface area (Å²) in [6.07, 6.45) is 5.14. The van der Waals surface area contributed by atoms with Gasteiger partial charge in [-0.05, 0) is 25.0 Å². The fraction of sp³-hybridized carbons (Fsp3) is 0.333. The van der Waals surface area contributed by atoms with E-state index in [1.165, 1.54) is 0 Å². The smallest absolute Gasteiger partial charge is 0.164 e. The van der Waals surface area contributed by atoms with E-state index in [0.29, 0.717) is 37.9 Å². The molecule has 0 saturated carbocycles. The molecule has 0 aromatic heterocycles. The third-order valence-electron chi connectivity index (χ3n) is 4.23. The Morgan fingerprint density at radius 1 is 0.690 bits per heavy atom. The van der Waals surface area contributed by atoms with Crippen LogP contribution >= 0.6 is 0 Å². The fourth-order valence-corrected chi connectivity index (χ4v) is 2.97. The van der Waals surface area contributed by atoms with Gasteiger partial charge in [0.2, 0.25) is 0 Å². The number of rotatable bonds is 14. The molecule has 0 amide bonds. The Labute approximate surface area is 173 Å². The number of hydrogen-bond acceptors (Lipinski definition) is 5. The molecular weight excluding hydrogens is 368 g/mol. The fourth-order valence-electron chi connectivity index (χ4n) is 2.97. The zero-order valence-electron chi connectivity index (χ0n) is 17.3. The second kappa shape index (κ2) is 12.5. The SMILES string of the molecule is C=CCc1cccc(OCCOCCOc2cccc(CC=C)c2OC)c1OC. The maximum absolute atomic E-state index is 5.80. The van der Waals surface area contributed by atoms with E-state index in [4.69, 9.17) is 23.7 Å². The van der Waals surface area contributed by atoms with Crippen LogP contribution in [0.15, 0.2) is 61.7 Å². The van der Waals surface area contributed by atoms with Crippen LogP contribution in [0, 0.1) is 0 Å². The lowest BCUT2D eigenvalue weighted by Crippen LogP contribution is -2.13. The molecule has 5 nitrogen and oxygen atoms in total. The molecule has 0 aliphatic heterocycles. The van der Waals surface area contributed by atoms with Gasteiger partial charge in [0.1, 0.15) is 13.2 Å². The van der Waals surface area contributed by atoms with E-state index < -0.39 is 0 Å². The number of hydrogen-bond donors (Lipinski definition) is 0. The van der Waals surface area contributed by atoms with E-state index in [2.05, 4.69) is 13.2 Å². The van der Waals surface area contributed by atoms with Crippen molar-refractivity contribution in [3.05, 3.63) is 72.8 Å². The van der Waals surface area contributed by atoms with Crippen molar-refractivity contribution in [2.75, 3.05) is 40.6 Å². The summed E-state index contributed by atoms with van der Waals surface area (Å²) in [6.45, 7) is 9.29. The molecule has 0 bridgehead atoms. The van der Waals surface area contributed by atoms with Gasteiger partial charge in [-0.3, -0.25) is 0 Å². The van der Waals surface area contributed by atoms with E-state index in [-0.39, 0.29) is 0 Å². The van der Waals surface area contributed by atoms with Crippen molar-refractivity contribution in [1.82, 2.24) is 0 Å². The third-order valence-corrected chi connectivity index (χ3v) is 4.23. The number of para-hydroxylation sites is 2. The van der Waals surface area contributed by atoms with Crippen molar-refractivity contribution in [1.29, 1.82) is 0 Å². The quantitative estimate of drug-likeness (QED) is 0.343. The van der Waals surface area contributed by atoms with Crippen molar-refractivity contribution in [2.45, 2.75) is 12.8 Å². The maximum Gasteiger partial charge on any atom is 0.164 e. The lowest BCUT2D eigenvalue weighted by atomic mass is 10.1. The minimum absolute atomic E-state index is 0.423. The highest BCUT2D eigenvalue weighted by molar-refractivity contribution is 5.48. The van der Waals surface area contributed by atoms with Crippen molar-refractivity contribution in [2.24, 2.45) is 0 Å². The molecule has 156 valence electrons. The highest BCUT2D eigenvalue weighted by atomic mass is 16.6. The predicted octanol–water partition coefficient (Wildman–Crippen LogP) is 4.64. The standard InChI is InChI=1S/C24H30O5/c1-5-9-19-11-7-13-21(23(19)25-3)28-17-15-27-16-18-29-22-14-8-12-20(10-6-2)24(22)26-4/h5-8,11-14H,1-2,9-10,15-18H2,3-4H3. The summed E-state index contributed by atoms with van der Waals surface area (Å²) in [5, 5.41) is 0. The molecule has 0 aliphatic rings. The van der Waals surface area contributed by atoms with Gasteiger partial charge in [0.25, 0.3) is 0 Å². The Morgan fingerprint density at radius 3 is 1.52 bits per heavy atom. The number of methoxy groups -OCH3 is 2. The van der Waals surface area contributed by atoms with E-state index >= 15 is 0 Å². The second-order valence-electron chi connectivity index (χ2n) is 6.19. The Bertz CT molecular complexity index is 719. The van der Waals surface area contributed by atoms with Gasteiger partial charge in [-0.2, -0.15) is 0 Å². The summed E-state index contributed by atoms with van der Waals surface area (Å²) in [4.78, 5) is 0. The Balaban J connectivity index is 1.75. The molecule has 2 aromatic rings. The molecule has 0 radical (unpaired) electrons. The van der Waals surface area contributed by atoms with Gasteiger partial charge in [-0.1, -0.05) is 36.4 Å². The van der Waals surface area contributed by atoms with Crippen LogP contribution in [0.1, 0.15) is 11.1 Å². The zero-order valence-corrected chi connectivity index (χ0v) is 17.3. The maximum atomic E-state index is 5.80. The molecular formula is C24H30O5. The van der Waals surface area contributed by atoms with E-state index in [1.54, 1.807) is 14.2 Å². The molecule has 0 atom stereocenters. The van der Waals surface area contributed by atoms with Gasteiger partial charge in [0.15, 0.2) is 23.0 Å². The Hall–Kier alpha value is -2.92. The number of benzene rings is 2. The van der Waals surface area contributed by atoms with E-state index in [1.807, 2.05) is 48.6 Å². The van der Waals surface area contributed by atoms with Crippen molar-refractivity contribution < 1.29 is 23.7 Å². The largest absolute Gasteiger partial charge is 0.493 e. The van der Waals surface area contributed by atoms with Gasteiger partial charge in [0, 0.05) is 11.1 Å². The average Bonchev–Trinajstić information content (AvgIpc) is 2.74. The van der Waals surface area contributed by atoms with Crippen molar-refractivity contribution in [3.63, 3.8) is 0 Å². The van der Waals surface area contributed by atoms with Gasteiger partial charge in [-0.25, -0.2) is 0 Å². The normalized spacial score (nSPS) is 10.3. The third kappa shape index (κ3) is 6.57. The first-order valence-corrected chi connectivity index (χ1v) is 9.62. The first-order valence-electron chi connectivity index (χ1n) is 9.62. The summed E-state index contributed by atoms with van der Waals surface area (Å²) in [5.41, 5.74) is 2.09. The minimum atomic E-state index is 0.423. The summed E-state index contributed by atoms with van der Waals surface area (Å²) < 4.78 is 28.2. The van der Waals surface area contributed by atoms with Gasteiger partial charge >= 0.3 is 0 Å². The van der Waals surface area contributed by atoms with E-state index in [0.717, 1.165) is 35.5 Å². The molecule has 0 spiro atoms. The van der Waals surface area contributed by atoms with Crippen molar-refractivity contribution >= 4 is 0 Å². The summed E-state index contributed by atoms with van der Waals surface area (Å²) >= 11 is 0. The summed E-state index contributed by atoms with van der Waals surface area (Å²) in [6, 6.07) is 11.7. The van der Waals surface area contributed by atoms with Crippen LogP contribution in [0.2, 0.25) is 0 Å². The van der Waals surface area contributed by atoms with Crippen LogP contribution in [0.4, 0.5) is 0 Å². The lowest BCUT2D eigenvalue weighted by molar-refractivity contribution is 0.0750. The summed E-state index contributed by atoms with van der Waals surface area (Å²) in [5.74, 6) is 2.88. The monoisotopic (exact) mass is 398 g/mol. The van der Waals surface area contributed by atoms with Crippen LogP contribution in [0.25, 0.3) is 0 Å². The van der Waals surface area contributed by atoms with Crippen LogP contribution in [0.3, 0.4) is 0 Å². The predicted molar refractivity (Wildman–Crippen MR) is 116 cm³/mol. The van der Waals surface area contributed by atoms with Gasteiger partial charge in [0.05, 0.1) is 27.4 Å². The molecule has 0 unspecified atom stereocenters. The molecule has 0 heterocycles. The number of ether oxygens (including phenoxy) is 5. The molecule has 29 heavy (non-hydrogen) atoms.